The summed E-state index contributed by atoms with van der Waals surface area (Å²) in [4.78, 5) is 0. The predicted molar refractivity (Wildman–Crippen MR) is 77.3 cm³/mol. The first-order valence-corrected chi connectivity index (χ1v) is 9.50. The van der Waals surface area contributed by atoms with Crippen molar-refractivity contribution in [3.05, 3.63) is 28.0 Å². The van der Waals surface area contributed by atoms with Gasteiger partial charge in [-0.3, -0.25) is 0 Å². The molecule has 0 bridgehead atoms. The van der Waals surface area contributed by atoms with E-state index in [1.807, 2.05) is 13.0 Å². The van der Waals surface area contributed by atoms with Crippen LogP contribution in [0.4, 0.5) is 4.39 Å². The van der Waals surface area contributed by atoms with Crippen LogP contribution in [0, 0.1) is 12.7 Å². The molecule has 1 aromatic rings. The van der Waals surface area contributed by atoms with Crippen LogP contribution in [0.2, 0.25) is 18.1 Å². The molecule has 17 heavy (non-hydrogen) atoms. The van der Waals surface area contributed by atoms with E-state index in [1.165, 1.54) is 6.07 Å². The smallest absolute Gasteiger partial charge is 0.141 e. The summed E-state index contributed by atoms with van der Waals surface area (Å²) in [6.45, 7) is 11.5. The Hall–Kier alpha value is -0.353. The van der Waals surface area contributed by atoms with Crippen molar-refractivity contribution < 1.29 is 9.13 Å². The molecule has 1 rings (SSSR count). The van der Waals surface area contributed by atoms with Crippen LogP contribution in [0.25, 0.3) is 0 Å². The number of rotatable bonds is 4. The number of halogens is 2. The molecule has 0 radical (unpaired) electrons. The molecule has 0 aromatic heterocycles. The van der Waals surface area contributed by atoms with Gasteiger partial charge in [-0.1, -0.05) is 26.9 Å². The quantitative estimate of drug-likeness (QED) is 0.740. The van der Waals surface area contributed by atoms with Gasteiger partial charge in [0.25, 0.3) is 0 Å². The fourth-order valence-electron chi connectivity index (χ4n) is 1.21. The van der Waals surface area contributed by atoms with E-state index in [0.717, 1.165) is 5.56 Å². The Morgan fingerprint density at radius 2 is 1.94 bits per heavy atom. The van der Waals surface area contributed by atoms with Crippen molar-refractivity contribution in [3.63, 3.8) is 0 Å². The summed E-state index contributed by atoms with van der Waals surface area (Å²) in [5.74, 6) is 0.352. The highest BCUT2D eigenvalue weighted by atomic mass is 79.9. The van der Waals surface area contributed by atoms with E-state index in [1.54, 1.807) is 0 Å². The molecule has 0 atom stereocenters. The topological polar surface area (TPSA) is 9.23 Å². The van der Waals surface area contributed by atoms with E-state index in [2.05, 4.69) is 42.9 Å². The molecule has 0 fully saturated rings. The molecule has 0 amide bonds. The zero-order valence-electron chi connectivity index (χ0n) is 11.1. The highest BCUT2D eigenvalue weighted by Crippen LogP contribution is 2.31. The van der Waals surface area contributed by atoms with Crippen molar-refractivity contribution in [2.45, 2.75) is 38.9 Å². The maximum absolute atomic E-state index is 13.5. The van der Waals surface area contributed by atoms with Crippen LogP contribution in [0.15, 0.2) is 16.6 Å². The lowest BCUT2D eigenvalue weighted by atomic mass is 10.2. The third-order valence-electron chi connectivity index (χ3n) is 3.36. The summed E-state index contributed by atoms with van der Waals surface area (Å²) in [6.07, 6.45) is 0. The van der Waals surface area contributed by atoms with Gasteiger partial charge in [0.15, 0.2) is 0 Å². The van der Waals surface area contributed by atoms with E-state index in [9.17, 15) is 4.39 Å². The summed E-state index contributed by atoms with van der Waals surface area (Å²) >= 11 is 3.20. The van der Waals surface area contributed by atoms with Gasteiger partial charge in [-0.05, 0) is 39.5 Å². The molecule has 0 saturated heterocycles. The maximum Gasteiger partial charge on any atom is 0.141 e. The molecule has 1 nitrogen and oxygen atoms in total. The van der Waals surface area contributed by atoms with Gasteiger partial charge in [-0.15, -0.1) is 0 Å². The highest BCUT2D eigenvalue weighted by molar-refractivity contribution is 9.10. The average Bonchev–Trinajstić information content (AvgIpc) is 2.22. The van der Waals surface area contributed by atoms with Crippen LogP contribution in [-0.2, 0) is 0 Å². The molecule has 0 saturated carbocycles. The van der Waals surface area contributed by atoms with Gasteiger partial charge in [0, 0.05) is 14.9 Å². The third-order valence-corrected chi connectivity index (χ3v) is 7.65. The Morgan fingerprint density at radius 1 is 1.35 bits per heavy atom. The second-order valence-corrected chi connectivity index (χ2v) is 10.1. The van der Waals surface area contributed by atoms with E-state index >= 15 is 0 Å². The van der Waals surface area contributed by atoms with E-state index in [-0.39, 0.29) is 10.9 Å². The lowest BCUT2D eigenvalue weighted by Gasteiger charge is -2.28. The monoisotopic (exact) mass is 318 g/mol. The summed E-state index contributed by atoms with van der Waals surface area (Å²) in [6, 6.07) is 3.31. The van der Waals surface area contributed by atoms with Gasteiger partial charge in [-0.25, -0.2) is 4.39 Å². The van der Waals surface area contributed by atoms with Crippen molar-refractivity contribution in [1.29, 1.82) is 0 Å². The average molecular weight is 319 g/mol. The van der Waals surface area contributed by atoms with Crippen molar-refractivity contribution in [2.24, 2.45) is 0 Å². The molecule has 0 unspecified atom stereocenters. The fourth-order valence-corrected chi connectivity index (χ4v) is 1.86. The molecule has 96 valence electrons. The summed E-state index contributed by atoms with van der Waals surface area (Å²) in [5, 5.41) is 0.220. The normalized spacial score (nSPS) is 12.0. The van der Waals surface area contributed by atoms with Gasteiger partial charge in [0.1, 0.15) is 11.6 Å². The fraction of sp³-hybridized carbons (Fsp3) is 0.538. The summed E-state index contributed by atoms with van der Waals surface area (Å²) in [5.41, 5.74) is 0.861. The first-order chi connectivity index (χ1) is 7.74. The van der Waals surface area contributed by atoms with E-state index in [0.29, 0.717) is 16.8 Å². The highest BCUT2D eigenvalue weighted by Gasteiger charge is 2.24. The SMILES string of the molecule is Cc1cc(OCC(C)(C)[SiH](C)C)cc(F)c1Br. The van der Waals surface area contributed by atoms with Crippen molar-refractivity contribution in [1.82, 2.24) is 0 Å². The van der Waals surface area contributed by atoms with E-state index < -0.39 is 8.80 Å². The van der Waals surface area contributed by atoms with Crippen molar-refractivity contribution in [3.8, 4) is 5.75 Å². The Balaban J connectivity index is 2.77. The Morgan fingerprint density at radius 3 is 2.41 bits per heavy atom. The lowest BCUT2D eigenvalue weighted by Crippen LogP contribution is -2.27. The molecule has 0 aliphatic heterocycles. The molecule has 0 aliphatic carbocycles. The maximum atomic E-state index is 13.5. The molecular weight excluding hydrogens is 299 g/mol. The van der Waals surface area contributed by atoms with E-state index in [4.69, 9.17) is 4.74 Å². The standard InChI is InChI=1S/C13H20BrFOSi/c1-9-6-10(7-11(15)12(9)14)16-8-13(2,3)17(4)5/h6-7,17H,8H2,1-5H3. The van der Waals surface area contributed by atoms with Crippen LogP contribution < -0.4 is 4.74 Å². The third kappa shape index (κ3) is 3.81. The minimum absolute atomic E-state index is 0.220. The number of ether oxygens (including phenoxy) is 1. The summed E-state index contributed by atoms with van der Waals surface area (Å²) in [7, 11) is -0.783. The number of aryl methyl sites for hydroxylation is 1. The first kappa shape index (κ1) is 14.7. The minimum atomic E-state index is -0.783. The van der Waals surface area contributed by atoms with Gasteiger partial charge < -0.3 is 4.74 Å². The Bertz CT molecular complexity index is 381. The largest absolute Gasteiger partial charge is 0.493 e. The number of benzene rings is 1. The van der Waals surface area contributed by atoms with Crippen molar-refractivity contribution >= 4 is 24.7 Å². The second-order valence-electron chi connectivity index (χ2n) is 5.47. The molecular formula is C13H20BrFOSi. The number of hydrogen-bond acceptors (Lipinski definition) is 1. The predicted octanol–water partition coefficient (Wildman–Crippen LogP) is 4.54. The Kier molecular flexibility index (Phi) is 4.78. The van der Waals surface area contributed by atoms with Gasteiger partial charge in [-0.2, -0.15) is 0 Å². The molecule has 0 aliphatic rings. The van der Waals surface area contributed by atoms with Gasteiger partial charge in [0.05, 0.1) is 11.1 Å². The van der Waals surface area contributed by atoms with Crippen LogP contribution in [-0.4, -0.2) is 15.4 Å². The van der Waals surface area contributed by atoms with Crippen LogP contribution in [0.5, 0.6) is 5.75 Å². The first-order valence-electron chi connectivity index (χ1n) is 5.82. The zero-order chi connectivity index (χ0) is 13.2. The Labute approximate surface area is 113 Å². The van der Waals surface area contributed by atoms with Crippen LogP contribution in [0.3, 0.4) is 0 Å². The van der Waals surface area contributed by atoms with Crippen molar-refractivity contribution in [2.75, 3.05) is 6.61 Å². The second kappa shape index (κ2) is 5.53. The molecule has 1 aromatic carbocycles. The molecule has 0 heterocycles. The van der Waals surface area contributed by atoms with Crippen LogP contribution >= 0.6 is 15.9 Å². The number of hydrogen-bond donors (Lipinski definition) is 0. The van der Waals surface area contributed by atoms with Crippen LogP contribution in [0.1, 0.15) is 19.4 Å². The molecule has 0 N–H and O–H groups in total. The molecule has 4 heteroatoms. The van der Waals surface area contributed by atoms with Gasteiger partial charge in [0.2, 0.25) is 0 Å². The summed E-state index contributed by atoms with van der Waals surface area (Å²) < 4.78 is 19.7. The lowest BCUT2D eigenvalue weighted by molar-refractivity contribution is 0.275. The van der Waals surface area contributed by atoms with Gasteiger partial charge >= 0.3 is 0 Å². The zero-order valence-corrected chi connectivity index (χ0v) is 13.8. The minimum Gasteiger partial charge on any atom is -0.493 e. The molecule has 0 spiro atoms.